The lowest BCUT2D eigenvalue weighted by Gasteiger charge is -2.26. The summed E-state index contributed by atoms with van der Waals surface area (Å²) >= 11 is 0. The van der Waals surface area contributed by atoms with Crippen LogP contribution in [-0.2, 0) is 5.41 Å². The maximum absolute atomic E-state index is 5.38. The Balaban J connectivity index is 1.25. The topological polar surface area (TPSA) is 36.8 Å². The molecular weight excluding hydrogens is 691 g/mol. The smallest absolute Gasteiger partial charge is 0.159 e. The quantitative estimate of drug-likeness (QED) is 0.176. The van der Waals surface area contributed by atoms with Crippen molar-refractivity contribution in [3.63, 3.8) is 0 Å². The zero-order chi connectivity index (χ0) is 38.1. The van der Waals surface area contributed by atoms with E-state index in [0.29, 0.717) is 5.84 Å². The fourth-order valence-electron chi connectivity index (χ4n) is 9.43. The van der Waals surface area contributed by atoms with E-state index in [1.165, 1.54) is 66.1 Å². The number of fused-ring (bicyclic) bond motifs is 6. The fraction of sp³-hybridized carbons (Fsp3) is 0.0741. The van der Waals surface area contributed by atoms with Crippen molar-refractivity contribution in [1.29, 1.82) is 0 Å². The molecule has 1 heterocycles. The lowest BCUT2D eigenvalue weighted by Crippen LogP contribution is -2.34. The molecule has 3 heteroatoms. The lowest BCUT2D eigenvalue weighted by molar-refractivity contribution is 0.660. The highest BCUT2D eigenvalue weighted by atomic mass is 15.2. The molecule has 0 bridgehead atoms. The van der Waals surface area contributed by atoms with Crippen LogP contribution in [0, 0.1) is 0 Å². The van der Waals surface area contributed by atoms with Gasteiger partial charge in [0.25, 0.3) is 0 Å². The minimum Gasteiger partial charge on any atom is -0.344 e. The molecule has 0 saturated carbocycles. The standard InChI is InChI=1S/C54H39N3/c1-54(2)46-29-14-13-26-43(46)49-44(28-16-30-47(49)54)48-40-24-11-12-25-41(40)50(42-32-31-37(33-45(42)48)39-27-15-22-34-17-9-10-23-38(34)39)53-56-51(35-18-5-3-6-19-35)55-52(57-53)36-20-7-4-8-21-36/h3-33,51H,1-2H3,(H,55,56,57). The van der Waals surface area contributed by atoms with Gasteiger partial charge < -0.3 is 5.32 Å². The zero-order valence-corrected chi connectivity index (χ0v) is 31.9. The van der Waals surface area contributed by atoms with Crippen molar-refractivity contribution in [1.82, 2.24) is 5.32 Å². The van der Waals surface area contributed by atoms with Crippen LogP contribution in [0.1, 0.15) is 47.8 Å². The molecule has 0 aromatic heterocycles. The van der Waals surface area contributed by atoms with Gasteiger partial charge in [-0.05, 0) is 88.5 Å². The number of nitrogens with one attached hydrogen (secondary N) is 1. The SMILES string of the molecule is CC1(C)c2ccccc2-c2c(-c3c4ccccc4c(C4=NC(c5ccccc5)=NC(c5ccccc5)N4)c4ccc(-c5cccc6ccccc56)cc34)cccc21. The second kappa shape index (κ2) is 13.0. The third kappa shape index (κ3) is 5.27. The highest BCUT2D eigenvalue weighted by Crippen LogP contribution is 2.54. The van der Waals surface area contributed by atoms with Crippen molar-refractivity contribution in [3.8, 4) is 33.4 Å². The van der Waals surface area contributed by atoms with E-state index in [9.17, 15) is 0 Å². The molecule has 9 aromatic rings. The van der Waals surface area contributed by atoms with Gasteiger partial charge in [-0.25, -0.2) is 9.98 Å². The van der Waals surface area contributed by atoms with Gasteiger partial charge >= 0.3 is 0 Å². The first kappa shape index (κ1) is 33.3. The van der Waals surface area contributed by atoms with Crippen molar-refractivity contribution >= 4 is 44.0 Å². The van der Waals surface area contributed by atoms with Crippen LogP contribution in [0.4, 0.5) is 0 Å². The Kier molecular flexibility index (Phi) is 7.58. The zero-order valence-electron chi connectivity index (χ0n) is 31.9. The normalized spacial score (nSPS) is 15.5. The van der Waals surface area contributed by atoms with Gasteiger partial charge in [0.05, 0.1) is 0 Å². The van der Waals surface area contributed by atoms with Gasteiger partial charge in [0, 0.05) is 16.5 Å². The minimum absolute atomic E-state index is 0.123. The second-order valence-corrected chi connectivity index (χ2v) is 15.7. The number of aliphatic imine (C=N–C) groups is 2. The van der Waals surface area contributed by atoms with Gasteiger partial charge in [0.15, 0.2) is 5.84 Å². The molecule has 0 amide bonds. The summed E-state index contributed by atoms with van der Waals surface area (Å²) in [6.07, 6.45) is -0.312. The van der Waals surface area contributed by atoms with E-state index in [0.717, 1.165) is 33.3 Å². The maximum atomic E-state index is 5.38. The number of rotatable bonds is 5. The number of hydrogen-bond acceptors (Lipinski definition) is 3. The molecule has 1 atom stereocenters. The van der Waals surface area contributed by atoms with Crippen molar-refractivity contribution in [3.05, 3.63) is 216 Å². The van der Waals surface area contributed by atoms with Gasteiger partial charge in [-0.1, -0.05) is 196 Å². The second-order valence-electron chi connectivity index (χ2n) is 15.7. The first-order valence-corrected chi connectivity index (χ1v) is 19.8. The molecule has 1 aliphatic carbocycles. The predicted octanol–water partition coefficient (Wildman–Crippen LogP) is 13.3. The van der Waals surface area contributed by atoms with Crippen LogP contribution in [0.5, 0.6) is 0 Å². The van der Waals surface area contributed by atoms with Crippen molar-refractivity contribution in [2.45, 2.75) is 25.4 Å². The monoisotopic (exact) mass is 729 g/mol. The van der Waals surface area contributed by atoms with Crippen molar-refractivity contribution in [2.75, 3.05) is 0 Å². The Labute approximate surface area is 332 Å². The fourth-order valence-corrected chi connectivity index (χ4v) is 9.43. The Morgan fingerprint density at radius 2 is 1.04 bits per heavy atom. The number of hydrogen-bond donors (Lipinski definition) is 1. The van der Waals surface area contributed by atoms with E-state index >= 15 is 0 Å². The van der Waals surface area contributed by atoms with E-state index < -0.39 is 0 Å². The summed E-state index contributed by atoms with van der Waals surface area (Å²) in [6.45, 7) is 4.72. The van der Waals surface area contributed by atoms with E-state index in [4.69, 9.17) is 9.98 Å². The molecule has 1 aliphatic heterocycles. The van der Waals surface area contributed by atoms with Gasteiger partial charge in [0.2, 0.25) is 0 Å². The Hall–Kier alpha value is -7.10. The van der Waals surface area contributed by atoms with E-state index in [1.807, 2.05) is 6.07 Å². The summed E-state index contributed by atoms with van der Waals surface area (Å²) in [6, 6.07) is 68.0. The predicted molar refractivity (Wildman–Crippen MR) is 239 cm³/mol. The van der Waals surface area contributed by atoms with Gasteiger partial charge in [0.1, 0.15) is 12.0 Å². The van der Waals surface area contributed by atoms with Crippen LogP contribution in [-0.4, -0.2) is 11.7 Å². The number of benzene rings is 9. The third-order valence-electron chi connectivity index (χ3n) is 12.1. The maximum Gasteiger partial charge on any atom is 0.159 e. The third-order valence-corrected chi connectivity index (χ3v) is 12.1. The van der Waals surface area contributed by atoms with E-state index in [2.05, 4.69) is 201 Å². The average Bonchev–Trinajstić information content (AvgIpc) is 3.51. The number of amidine groups is 2. The summed E-state index contributed by atoms with van der Waals surface area (Å²) in [5.41, 5.74) is 13.3. The largest absolute Gasteiger partial charge is 0.344 e. The minimum atomic E-state index is -0.312. The molecule has 11 rings (SSSR count). The summed E-state index contributed by atoms with van der Waals surface area (Å²) in [7, 11) is 0. The molecule has 1 N–H and O–H groups in total. The Morgan fingerprint density at radius 1 is 0.439 bits per heavy atom. The molecule has 57 heavy (non-hydrogen) atoms. The Morgan fingerprint density at radius 3 is 1.86 bits per heavy atom. The van der Waals surface area contributed by atoms with Crippen LogP contribution in [0.15, 0.2) is 198 Å². The van der Waals surface area contributed by atoms with Crippen LogP contribution >= 0.6 is 0 Å². The van der Waals surface area contributed by atoms with Gasteiger partial charge in [-0.3, -0.25) is 0 Å². The van der Waals surface area contributed by atoms with Crippen LogP contribution in [0.3, 0.4) is 0 Å². The lowest BCUT2D eigenvalue weighted by atomic mass is 9.80. The van der Waals surface area contributed by atoms with Gasteiger partial charge in [-0.2, -0.15) is 0 Å². The summed E-state index contributed by atoms with van der Waals surface area (Å²) in [5.74, 6) is 1.53. The summed E-state index contributed by atoms with van der Waals surface area (Å²) < 4.78 is 0. The molecular formula is C54H39N3. The first-order valence-electron chi connectivity index (χ1n) is 19.8. The molecule has 0 spiro atoms. The van der Waals surface area contributed by atoms with Crippen LogP contribution in [0.25, 0.3) is 65.7 Å². The van der Waals surface area contributed by atoms with Crippen molar-refractivity contribution in [2.24, 2.45) is 9.98 Å². The van der Waals surface area contributed by atoms with E-state index in [1.54, 1.807) is 0 Å². The van der Waals surface area contributed by atoms with Crippen LogP contribution in [0.2, 0.25) is 0 Å². The highest BCUT2D eigenvalue weighted by Gasteiger charge is 2.37. The molecule has 9 aromatic carbocycles. The highest BCUT2D eigenvalue weighted by molar-refractivity contribution is 6.29. The number of nitrogens with zero attached hydrogens (tertiary/aromatic N) is 2. The molecule has 2 aliphatic rings. The molecule has 0 saturated heterocycles. The van der Waals surface area contributed by atoms with Crippen LogP contribution < -0.4 is 5.32 Å². The molecule has 270 valence electrons. The van der Waals surface area contributed by atoms with Gasteiger partial charge in [-0.15, -0.1) is 0 Å². The average molecular weight is 730 g/mol. The van der Waals surface area contributed by atoms with E-state index in [-0.39, 0.29) is 11.6 Å². The van der Waals surface area contributed by atoms with Crippen molar-refractivity contribution < 1.29 is 0 Å². The molecule has 0 fully saturated rings. The first-order chi connectivity index (χ1) is 28.0. The molecule has 0 radical (unpaired) electrons. The Bertz CT molecular complexity index is 3110. The summed E-state index contributed by atoms with van der Waals surface area (Å²) in [5, 5.41) is 11.0. The summed E-state index contributed by atoms with van der Waals surface area (Å²) in [4.78, 5) is 10.6. The molecule has 3 nitrogen and oxygen atoms in total. The molecule has 1 unspecified atom stereocenters.